The van der Waals surface area contributed by atoms with Crippen molar-refractivity contribution in [1.29, 1.82) is 0 Å². The average Bonchev–Trinajstić information content (AvgIpc) is 3.40. The Balaban J connectivity index is 0.00000324. The maximum atomic E-state index is 13.6. The molecule has 0 atom stereocenters. The van der Waals surface area contributed by atoms with Crippen LogP contribution in [0.4, 0.5) is 10.8 Å². The van der Waals surface area contributed by atoms with Gasteiger partial charge < -0.3 is 4.90 Å². The summed E-state index contributed by atoms with van der Waals surface area (Å²) in [6, 6.07) is 12.7. The fourth-order valence-electron chi connectivity index (χ4n) is 4.03. The number of anilines is 2. The summed E-state index contributed by atoms with van der Waals surface area (Å²) in [5.74, 6) is -0.556. The molecule has 2 heterocycles. The van der Waals surface area contributed by atoms with Gasteiger partial charge in [0.1, 0.15) is 0 Å². The first kappa shape index (κ1) is 25.8. The largest absolute Gasteiger partial charge is 0.302 e. The first-order valence-electron chi connectivity index (χ1n) is 11.3. The number of likely N-dealkylation sites (N-methyl/N-ethyl adjacent to an activating group) is 1. The summed E-state index contributed by atoms with van der Waals surface area (Å²) >= 11 is 1.51. The Morgan fingerprint density at radius 2 is 1.65 bits per heavy atom. The van der Waals surface area contributed by atoms with Crippen LogP contribution >= 0.6 is 23.7 Å². The van der Waals surface area contributed by atoms with E-state index < -0.39 is 0 Å². The minimum atomic E-state index is -0.204. The van der Waals surface area contributed by atoms with Crippen molar-refractivity contribution in [2.45, 2.75) is 33.6 Å². The van der Waals surface area contributed by atoms with Gasteiger partial charge in [-0.2, -0.15) is 0 Å². The molecular formula is C25H29ClN4O3S. The highest BCUT2D eigenvalue weighted by atomic mass is 35.5. The van der Waals surface area contributed by atoms with Gasteiger partial charge in [0.25, 0.3) is 5.91 Å². The van der Waals surface area contributed by atoms with E-state index in [4.69, 9.17) is 4.98 Å². The van der Waals surface area contributed by atoms with Crippen LogP contribution in [0.2, 0.25) is 0 Å². The van der Waals surface area contributed by atoms with Gasteiger partial charge in [-0.25, -0.2) is 4.98 Å². The molecule has 1 fully saturated rings. The van der Waals surface area contributed by atoms with E-state index in [0.29, 0.717) is 22.9 Å². The van der Waals surface area contributed by atoms with Crippen molar-refractivity contribution >= 4 is 62.5 Å². The summed E-state index contributed by atoms with van der Waals surface area (Å²) in [5, 5.41) is 0.672. The molecule has 1 aliphatic heterocycles. The van der Waals surface area contributed by atoms with Crippen molar-refractivity contribution in [2.75, 3.05) is 36.0 Å². The van der Waals surface area contributed by atoms with Crippen LogP contribution < -0.4 is 9.80 Å². The minimum absolute atomic E-state index is 0. The van der Waals surface area contributed by atoms with Gasteiger partial charge in [0.05, 0.1) is 15.9 Å². The second-order valence-corrected chi connectivity index (χ2v) is 9.08. The highest BCUT2D eigenvalue weighted by Crippen LogP contribution is 2.32. The topological polar surface area (TPSA) is 73.8 Å². The van der Waals surface area contributed by atoms with E-state index in [2.05, 4.69) is 18.7 Å². The van der Waals surface area contributed by atoms with E-state index >= 15 is 0 Å². The molecule has 3 amide bonds. The van der Waals surface area contributed by atoms with Crippen molar-refractivity contribution in [1.82, 2.24) is 9.88 Å². The number of thiazole rings is 1. The highest BCUT2D eigenvalue weighted by molar-refractivity contribution is 7.22. The van der Waals surface area contributed by atoms with E-state index in [9.17, 15) is 14.4 Å². The number of aromatic nitrogens is 1. The Labute approximate surface area is 209 Å². The van der Waals surface area contributed by atoms with Crippen LogP contribution in [0.15, 0.2) is 42.5 Å². The van der Waals surface area contributed by atoms with E-state index in [-0.39, 0.29) is 43.0 Å². The predicted octanol–water partition coefficient (Wildman–Crippen LogP) is 4.67. The molecule has 2 aromatic carbocycles. The van der Waals surface area contributed by atoms with E-state index in [0.717, 1.165) is 35.4 Å². The molecule has 0 aliphatic carbocycles. The molecule has 3 aromatic rings. The third-order valence-electron chi connectivity index (χ3n) is 6.04. The lowest BCUT2D eigenvalue weighted by Gasteiger charge is -2.25. The number of nitrogens with zero attached hydrogens (tertiary/aromatic N) is 4. The minimum Gasteiger partial charge on any atom is -0.302 e. The Kier molecular flexibility index (Phi) is 8.41. The predicted molar refractivity (Wildman–Crippen MR) is 139 cm³/mol. The Morgan fingerprint density at radius 3 is 2.24 bits per heavy atom. The van der Waals surface area contributed by atoms with Crippen molar-refractivity contribution < 1.29 is 14.4 Å². The molecule has 9 heteroatoms. The maximum absolute atomic E-state index is 13.6. The van der Waals surface area contributed by atoms with Crippen LogP contribution in [0.25, 0.3) is 10.2 Å². The van der Waals surface area contributed by atoms with E-state index in [1.165, 1.54) is 16.2 Å². The SMILES string of the molecule is CCN(CC)CCN(C(=O)c1ccc(N2C(=O)CCC2=O)cc1)c1nc2c(C)cccc2s1.Cl. The first-order chi connectivity index (χ1) is 15.9. The van der Waals surface area contributed by atoms with Crippen molar-refractivity contribution in [3.63, 3.8) is 0 Å². The molecule has 4 rings (SSSR count). The molecule has 1 aromatic heterocycles. The molecular weight excluding hydrogens is 472 g/mol. The molecule has 180 valence electrons. The summed E-state index contributed by atoms with van der Waals surface area (Å²) in [5.41, 5.74) is 2.99. The number of amides is 3. The number of hydrogen-bond donors (Lipinski definition) is 0. The lowest BCUT2D eigenvalue weighted by molar-refractivity contribution is -0.121. The molecule has 1 saturated heterocycles. The van der Waals surface area contributed by atoms with Crippen LogP contribution in [0.1, 0.15) is 42.6 Å². The molecule has 0 saturated carbocycles. The lowest BCUT2D eigenvalue weighted by Crippen LogP contribution is -2.39. The van der Waals surface area contributed by atoms with Gasteiger partial charge >= 0.3 is 0 Å². The van der Waals surface area contributed by atoms with E-state index in [1.807, 2.05) is 25.1 Å². The molecule has 0 radical (unpaired) electrons. The number of benzene rings is 2. The summed E-state index contributed by atoms with van der Waals surface area (Å²) in [7, 11) is 0. The number of hydrogen-bond acceptors (Lipinski definition) is 6. The number of rotatable bonds is 8. The van der Waals surface area contributed by atoms with Crippen LogP contribution in [0, 0.1) is 6.92 Å². The van der Waals surface area contributed by atoms with E-state index in [1.54, 1.807) is 29.2 Å². The Morgan fingerprint density at radius 1 is 1.00 bits per heavy atom. The third kappa shape index (κ3) is 5.14. The highest BCUT2D eigenvalue weighted by Gasteiger charge is 2.30. The summed E-state index contributed by atoms with van der Waals surface area (Å²) in [6.45, 7) is 9.31. The van der Waals surface area contributed by atoms with Gasteiger partial charge in [-0.15, -0.1) is 12.4 Å². The van der Waals surface area contributed by atoms with Crippen LogP contribution in [0.3, 0.4) is 0 Å². The normalized spacial score (nSPS) is 13.6. The number of carbonyl (C=O) groups excluding carboxylic acids is 3. The number of carbonyl (C=O) groups is 3. The summed E-state index contributed by atoms with van der Waals surface area (Å²) in [4.78, 5) is 47.7. The van der Waals surface area contributed by atoms with Crippen molar-refractivity contribution in [3.05, 3.63) is 53.6 Å². The zero-order valence-electron chi connectivity index (χ0n) is 19.6. The van der Waals surface area contributed by atoms with Gasteiger partial charge in [-0.05, 0) is 55.9 Å². The van der Waals surface area contributed by atoms with Gasteiger partial charge in [-0.1, -0.05) is 37.3 Å². The van der Waals surface area contributed by atoms with Crippen molar-refractivity contribution in [3.8, 4) is 0 Å². The monoisotopic (exact) mass is 500 g/mol. The molecule has 7 nitrogen and oxygen atoms in total. The molecule has 0 spiro atoms. The van der Waals surface area contributed by atoms with Crippen LogP contribution in [-0.2, 0) is 9.59 Å². The number of para-hydroxylation sites is 1. The van der Waals surface area contributed by atoms with Gasteiger partial charge in [-0.3, -0.25) is 24.2 Å². The molecule has 0 unspecified atom stereocenters. The fraction of sp³-hybridized carbons (Fsp3) is 0.360. The standard InChI is InChI=1S/C25H28N4O3S.ClH/c1-4-27(5-2)15-16-28(25-26-23-17(3)7-6-8-20(23)33-25)24(32)18-9-11-19(12-10-18)29-21(30)13-14-22(29)31;/h6-12H,4-5,13-16H2,1-3H3;1H. The summed E-state index contributed by atoms with van der Waals surface area (Å²) in [6.07, 6.45) is 0.464. The Hall–Kier alpha value is -2.81. The fourth-order valence-corrected chi connectivity index (χ4v) is 5.10. The molecule has 0 N–H and O–H groups in total. The quantitative estimate of drug-likeness (QED) is 0.420. The number of imide groups is 1. The summed E-state index contributed by atoms with van der Waals surface area (Å²) < 4.78 is 1.05. The third-order valence-corrected chi connectivity index (χ3v) is 7.09. The van der Waals surface area contributed by atoms with Gasteiger partial charge in [0, 0.05) is 31.5 Å². The first-order valence-corrected chi connectivity index (χ1v) is 12.1. The van der Waals surface area contributed by atoms with Gasteiger partial charge in [0.2, 0.25) is 11.8 Å². The number of halogens is 1. The average molecular weight is 501 g/mol. The van der Waals surface area contributed by atoms with Gasteiger partial charge in [0.15, 0.2) is 5.13 Å². The second kappa shape index (κ2) is 11.1. The molecule has 34 heavy (non-hydrogen) atoms. The second-order valence-electron chi connectivity index (χ2n) is 8.07. The zero-order chi connectivity index (χ0) is 23.5. The Bertz CT molecular complexity index is 1170. The lowest BCUT2D eigenvalue weighted by atomic mass is 10.1. The van der Waals surface area contributed by atoms with Crippen LogP contribution in [0.5, 0.6) is 0 Å². The molecule has 1 aliphatic rings. The zero-order valence-corrected chi connectivity index (χ0v) is 21.2. The molecule has 0 bridgehead atoms. The van der Waals surface area contributed by atoms with Crippen LogP contribution in [-0.4, -0.2) is 53.8 Å². The van der Waals surface area contributed by atoms with Crippen molar-refractivity contribution in [2.24, 2.45) is 0 Å². The number of fused-ring (bicyclic) bond motifs is 1. The number of aryl methyl sites for hydroxylation is 1. The maximum Gasteiger partial charge on any atom is 0.260 e. The smallest absolute Gasteiger partial charge is 0.260 e.